The number of carbonyl (C=O) groups is 2. The van der Waals surface area contributed by atoms with Crippen molar-refractivity contribution < 1.29 is 24.2 Å². The Morgan fingerprint density at radius 2 is 1.96 bits per heavy atom. The number of carboxylic acid groups (broad SMARTS) is 1. The largest absolute Gasteiger partial charge is 0.493 e. The number of benzene rings is 1. The van der Waals surface area contributed by atoms with E-state index in [1.54, 1.807) is 14.2 Å². The van der Waals surface area contributed by atoms with E-state index in [1.165, 1.54) is 0 Å². The SMILES string of the molecule is CCc1c(C(=O)O)c(C=O)c2n1CCc1cc(OC)c(OC)cc1-2. The maximum atomic E-state index is 11.7. The van der Waals surface area contributed by atoms with E-state index >= 15 is 0 Å². The zero-order chi connectivity index (χ0) is 17.4. The molecule has 1 aromatic heterocycles. The van der Waals surface area contributed by atoms with Gasteiger partial charge in [-0.25, -0.2) is 4.79 Å². The Morgan fingerprint density at radius 3 is 2.50 bits per heavy atom. The summed E-state index contributed by atoms with van der Waals surface area (Å²) in [6, 6.07) is 3.71. The molecule has 0 saturated carbocycles. The monoisotopic (exact) mass is 329 g/mol. The summed E-state index contributed by atoms with van der Waals surface area (Å²) < 4.78 is 12.6. The van der Waals surface area contributed by atoms with Gasteiger partial charge in [0.15, 0.2) is 17.8 Å². The van der Waals surface area contributed by atoms with E-state index in [9.17, 15) is 14.7 Å². The minimum atomic E-state index is -1.07. The molecule has 0 fully saturated rings. The molecule has 2 aromatic rings. The van der Waals surface area contributed by atoms with Crippen LogP contribution >= 0.6 is 0 Å². The van der Waals surface area contributed by atoms with E-state index in [1.807, 2.05) is 23.6 Å². The molecule has 2 heterocycles. The molecule has 0 spiro atoms. The van der Waals surface area contributed by atoms with Gasteiger partial charge >= 0.3 is 5.97 Å². The Bertz CT molecular complexity index is 835. The summed E-state index contributed by atoms with van der Waals surface area (Å²) in [7, 11) is 3.12. The number of carboxylic acids is 1. The number of methoxy groups -OCH3 is 2. The first-order chi connectivity index (χ1) is 11.6. The van der Waals surface area contributed by atoms with Gasteiger partial charge in [-0.1, -0.05) is 6.92 Å². The maximum Gasteiger partial charge on any atom is 0.338 e. The van der Waals surface area contributed by atoms with Crippen LogP contribution in [0.25, 0.3) is 11.3 Å². The Kier molecular flexibility index (Phi) is 4.05. The second-order valence-electron chi connectivity index (χ2n) is 5.63. The predicted molar refractivity (Wildman–Crippen MR) is 88.4 cm³/mol. The molecule has 0 bridgehead atoms. The van der Waals surface area contributed by atoms with Crippen molar-refractivity contribution in [2.75, 3.05) is 14.2 Å². The molecule has 0 atom stereocenters. The molecule has 0 unspecified atom stereocenters. The molecule has 1 aliphatic rings. The van der Waals surface area contributed by atoms with Gasteiger partial charge in [-0.15, -0.1) is 0 Å². The average Bonchev–Trinajstić information content (AvgIpc) is 2.94. The molecular formula is C18H19NO5. The molecule has 24 heavy (non-hydrogen) atoms. The Balaban J connectivity index is 2.36. The molecule has 1 N–H and O–H groups in total. The van der Waals surface area contributed by atoms with E-state index in [4.69, 9.17) is 9.47 Å². The van der Waals surface area contributed by atoms with Crippen LogP contribution in [-0.4, -0.2) is 36.1 Å². The van der Waals surface area contributed by atoms with Crippen molar-refractivity contribution in [2.24, 2.45) is 0 Å². The topological polar surface area (TPSA) is 77.8 Å². The highest BCUT2D eigenvalue weighted by atomic mass is 16.5. The van der Waals surface area contributed by atoms with Gasteiger partial charge in [-0.3, -0.25) is 4.79 Å². The third-order valence-corrected chi connectivity index (χ3v) is 4.54. The number of fused-ring (bicyclic) bond motifs is 3. The summed E-state index contributed by atoms with van der Waals surface area (Å²) in [5, 5.41) is 9.57. The summed E-state index contributed by atoms with van der Waals surface area (Å²) in [6.07, 6.45) is 1.92. The molecule has 0 amide bonds. The minimum absolute atomic E-state index is 0.102. The third kappa shape index (κ3) is 2.18. The van der Waals surface area contributed by atoms with Crippen LogP contribution < -0.4 is 9.47 Å². The zero-order valence-corrected chi connectivity index (χ0v) is 13.9. The number of aromatic nitrogens is 1. The number of hydrogen-bond donors (Lipinski definition) is 1. The first kappa shape index (κ1) is 16.1. The van der Waals surface area contributed by atoms with Crippen molar-refractivity contribution in [3.63, 3.8) is 0 Å². The van der Waals surface area contributed by atoms with E-state index < -0.39 is 5.97 Å². The highest BCUT2D eigenvalue weighted by Gasteiger charge is 2.30. The third-order valence-electron chi connectivity index (χ3n) is 4.54. The average molecular weight is 329 g/mol. The fraction of sp³-hybridized carbons (Fsp3) is 0.333. The highest BCUT2D eigenvalue weighted by molar-refractivity contribution is 6.04. The Hall–Kier alpha value is -2.76. The van der Waals surface area contributed by atoms with Crippen LogP contribution in [0, 0.1) is 0 Å². The fourth-order valence-corrected chi connectivity index (χ4v) is 3.53. The van der Waals surface area contributed by atoms with E-state index in [-0.39, 0.29) is 11.1 Å². The van der Waals surface area contributed by atoms with Gasteiger partial charge in [-0.2, -0.15) is 0 Å². The normalized spacial score (nSPS) is 12.3. The van der Waals surface area contributed by atoms with Crippen molar-refractivity contribution in [1.82, 2.24) is 4.57 Å². The van der Waals surface area contributed by atoms with Crippen molar-refractivity contribution in [2.45, 2.75) is 26.3 Å². The predicted octanol–water partition coefficient (Wildman–Crippen LogP) is 2.80. The summed E-state index contributed by atoms with van der Waals surface area (Å²) in [5.74, 6) is 0.105. The Morgan fingerprint density at radius 1 is 1.29 bits per heavy atom. The molecule has 1 aliphatic heterocycles. The summed E-state index contributed by atoms with van der Waals surface area (Å²) >= 11 is 0. The lowest BCUT2D eigenvalue weighted by Crippen LogP contribution is -2.14. The van der Waals surface area contributed by atoms with E-state index in [0.29, 0.717) is 42.1 Å². The van der Waals surface area contributed by atoms with Crippen LogP contribution in [0.5, 0.6) is 11.5 Å². The van der Waals surface area contributed by atoms with Gasteiger partial charge in [-0.05, 0) is 30.5 Å². The van der Waals surface area contributed by atoms with Gasteiger partial charge in [0.2, 0.25) is 0 Å². The molecule has 0 saturated heterocycles. The lowest BCUT2D eigenvalue weighted by molar-refractivity contribution is 0.0693. The Labute approximate surface area is 139 Å². The lowest BCUT2D eigenvalue weighted by Gasteiger charge is -2.23. The maximum absolute atomic E-state index is 11.7. The van der Waals surface area contributed by atoms with E-state index in [0.717, 1.165) is 17.5 Å². The van der Waals surface area contributed by atoms with Crippen LogP contribution in [0.4, 0.5) is 0 Å². The molecule has 0 radical (unpaired) electrons. The molecule has 3 rings (SSSR count). The number of nitrogens with zero attached hydrogens (tertiary/aromatic N) is 1. The molecule has 6 heteroatoms. The van der Waals surface area contributed by atoms with Crippen molar-refractivity contribution in [3.05, 3.63) is 34.5 Å². The summed E-state index contributed by atoms with van der Waals surface area (Å²) in [5.41, 5.74) is 3.50. The smallest absolute Gasteiger partial charge is 0.338 e. The second-order valence-corrected chi connectivity index (χ2v) is 5.63. The quantitative estimate of drug-likeness (QED) is 0.854. The molecule has 1 aromatic carbocycles. The first-order valence-corrected chi connectivity index (χ1v) is 7.76. The summed E-state index contributed by atoms with van der Waals surface area (Å²) in [6.45, 7) is 2.53. The van der Waals surface area contributed by atoms with E-state index in [2.05, 4.69) is 0 Å². The van der Waals surface area contributed by atoms with Crippen LogP contribution in [0.1, 0.15) is 38.9 Å². The fourth-order valence-electron chi connectivity index (χ4n) is 3.53. The van der Waals surface area contributed by atoms with Crippen LogP contribution in [0.2, 0.25) is 0 Å². The first-order valence-electron chi connectivity index (χ1n) is 7.76. The highest BCUT2D eigenvalue weighted by Crippen LogP contribution is 2.42. The van der Waals surface area contributed by atoms with Gasteiger partial charge in [0.1, 0.15) is 0 Å². The van der Waals surface area contributed by atoms with Crippen LogP contribution in [0.3, 0.4) is 0 Å². The lowest BCUT2D eigenvalue weighted by atomic mass is 9.95. The summed E-state index contributed by atoms with van der Waals surface area (Å²) in [4.78, 5) is 23.4. The number of aryl methyl sites for hydroxylation is 1. The molecule has 6 nitrogen and oxygen atoms in total. The molecule has 126 valence electrons. The standard InChI is InChI=1S/C18H19NO5/c1-4-13-16(18(21)22)12(9-20)17-11-8-15(24-3)14(23-2)7-10(11)5-6-19(13)17/h7-9H,4-6H2,1-3H3,(H,21,22). The minimum Gasteiger partial charge on any atom is -0.493 e. The number of ether oxygens (including phenoxy) is 2. The molecule has 0 aliphatic carbocycles. The number of carbonyl (C=O) groups excluding carboxylic acids is 1. The molecular weight excluding hydrogens is 310 g/mol. The van der Waals surface area contributed by atoms with Crippen LogP contribution in [0.15, 0.2) is 12.1 Å². The number of rotatable bonds is 5. The van der Waals surface area contributed by atoms with Crippen molar-refractivity contribution in [1.29, 1.82) is 0 Å². The number of aromatic carboxylic acids is 1. The number of aldehydes is 1. The van der Waals surface area contributed by atoms with Crippen molar-refractivity contribution in [3.8, 4) is 22.8 Å². The second kappa shape index (κ2) is 6.03. The number of hydrogen-bond acceptors (Lipinski definition) is 4. The van der Waals surface area contributed by atoms with Gasteiger partial charge < -0.3 is 19.1 Å². The zero-order valence-electron chi connectivity index (χ0n) is 13.9. The van der Waals surface area contributed by atoms with Gasteiger partial charge in [0.25, 0.3) is 0 Å². The van der Waals surface area contributed by atoms with Crippen molar-refractivity contribution >= 4 is 12.3 Å². The van der Waals surface area contributed by atoms with Gasteiger partial charge in [0, 0.05) is 17.8 Å². The van der Waals surface area contributed by atoms with Gasteiger partial charge in [0.05, 0.1) is 31.0 Å². The van der Waals surface area contributed by atoms with Crippen LogP contribution in [-0.2, 0) is 19.4 Å².